The first kappa shape index (κ1) is 18.5. The number of rotatable bonds is 5. The molecule has 1 amide bonds. The van der Waals surface area contributed by atoms with Crippen LogP contribution >= 0.6 is 0 Å². The zero-order valence-corrected chi connectivity index (χ0v) is 16.1. The van der Waals surface area contributed by atoms with Crippen molar-refractivity contribution in [2.24, 2.45) is 0 Å². The second-order valence-electron chi connectivity index (χ2n) is 6.58. The summed E-state index contributed by atoms with van der Waals surface area (Å²) in [5, 5.41) is 4.00. The number of carbonyl (C=O) groups is 1. The Morgan fingerprint density at radius 2 is 1.62 bits per heavy atom. The van der Waals surface area contributed by atoms with Gasteiger partial charge in [-0.25, -0.2) is 9.97 Å². The Balaban J connectivity index is 1.57. The van der Waals surface area contributed by atoms with Crippen molar-refractivity contribution in [3.05, 3.63) is 84.1 Å². The van der Waals surface area contributed by atoms with Gasteiger partial charge in [-0.15, -0.1) is 0 Å². The van der Waals surface area contributed by atoms with Crippen molar-refractivity contribution in [3.63, 3.8) is 0 Å². The molecule has 144 valence electrons. The van der Waals surface area contributed by atoms with Crippen LogP contribution in [0.2, 0.25) is 0 Å². The summed E-state index contributed by atoms with van der Waals surface area (Å²) in [7, 11) is 1.68. The lowest BCUT2D eigenvalue weighted by Gasteiger charge is -2.17. The maximum absolute atomic E-state index is 13.1. The predicted molar refractivity (Wildman–Crippen MR) is 108 cm³/mol. The molecule has 0 bridgehead atoms. The first-order valence-corrected chi connectivity index (χ1v) is 9.14. The van der Waals surface area contributed by atoms with E-state index in [0.29, 0.717) is 28.8 Å². The van der Waals surface area contributed by atoms with Gasteiger partial charge in [-0.3, -0.25) is 4.79 Å². The van der Waals surface area contributed by atoms with Crippen molar-refractivity contribution in [1.82, 2.24) is 25.0 Å². The van der Waals surface area contributed by atoms with E-state index in [1.165, 1.54) is 4.90 Å². The summed E-state index contributed by atoms with van der Waals surface area (Å²) in [5.41, 5.74) is 2.74. The zero-order chi connectivity index (χ0) is 20.2. The molecule has 0 aliphatic rings. The number of nitrogens with zero attached hydrogens (tertiary/aromatic N) is 5. The van der Waals surface area contributed by atoms with Gasteiger partial charge in [-0.05, 0) is 6.92 Å². The molecule has 2 aromatic carbocycles. The average Bonchev–Trinajstić information content (AvgIpc) is 3.23. The van der Waals surface area contributed by atoms with Crippen LogP contribution in [-0.2, 0) is 6.54 Å². The third-order valence-corrected chi connectivity index (χ3v) is 4.41. The van der Waals surface area contributed by atoms with E-state index in [1.807, 2.05) is 60.7 Å². The lowest BCUT2D eigenvalue weighted by Crippen LogP contribution is -2.27. The Hall–Kier alpha value is -3.87. The molecule has 0 N–H and O–H groups in total. The normalized spacial score (nSPS) is 10.7. The Morgan fingerprint density at radius 3 is 2.31 bits per heavy atom. The SMILES string of the molecule is Cc1ncc(C(=O)N(C)Cc2nc(-c3ccccc3)no2)c(-c2ccccc2)n1. The van der Waals surface area contributed by atoms with Crippen molar-refractivity contribution < 1.29 is 9.32 Å². The fourth-order valence-corrected chi connectivity index (χ4v) is 2.95. The Labute approximate surface area is 168 Å². The summed E-state index contributed by atoms with van der Waals surface area (Å²) in [4.78, 5) is 27.7. The van der Waals surface area contributed by atoms with Gasteiger partial charge in [0, 0.05) is 24.4 Å². The fraction of sp³-hybridized carbons (Fsp3) is 0.136. The second kappa shape index (κ2) is 8.02. The highest BCUT2D eigenvalue weighted by Crippen LogP contribution is 2.23. The number of hydrogen-bond acceptors (Lipinski definition) is 6. The lowest BCUT2D eigenvalue weighted by atomic mass is 10.1. The van der Waals surface area contributed by atoms with Crippen molar-refractivity contribution >= 4 is 5.91 Å². The van der Waals surface area contributed by atoms with Crippen LogP contribution < -0.4 is 0 Å². The highest BCUT2D eigenvalue weighted by molar-refractivity contribution is 5.99. The van der Waals surface area contributed by atoms with Crippen molar-refractivity contribution in [2.45, 2.75) is 13.5 Å². The summed E-state index contributed by atoms with van der Waals surface area (Å²) in [6, 6.07) is 19.1. The molecular weight excluding hydrogens is 366 g/mol. The maximum atomic E-state index is 13.1. The van der Waals surface area contributed by atoms with E-state index in [1.54, 1.807) is 20.2 Å². The summed E-state index contributed by atoms with van der Waals surface area (Å²) in [5.74, 6) is 1.23. The molecule has 0 unspecified atom stereocenters. The molecule has 0 saturated heterocycles. The molecule has 2 heterocycles. The van der Waals surface area contributed by atoms with Crippen molar-refractivity contribution in [3.8, 4) is 22.6 Å². The van der Waals surface area contributed by atoms with Gasteiger partial charge in [0.05, 0.1) is 11.3 Å². The van der Waals surface area contributed by atoms with Crippen LogP contribution in [0.25, 0.3) is 22.6 Å². The minimum absolute atomic E-state index is 0.181. The minimum Gasteiger partial charge on any atom is -0.337 e. The third-order valence-electron chi connectivity index (χ3n) is 4.41. The van der Waals surface area contributed by atoms with Gasteiger partial charge in [0.1, 0.15) is 12.4 Å². The quantitative estimate of drug-likeness (QED) is 0.520. The van der Waals surface area contributed by atoms with Gasteiger partial charge in [-0.1, -0.05) is 65.8 Å². The van der Waals surface area contributed by atoms with E-state index >= 15 is 0 Å². The maximum Gasteiger partial charge on any atom is 0.257 e. The zero-order valence-electron chi connectivity index (χ0n) is 16.1. The Kier molecular flexibility index (Phi) is 5.11. The molecule has 0 radical (unpaired) electrons. The molecule has 4 rings (SSSR count). The molecule has 0 aliphatic carbocycles. The summed E-state index contributed by atoms with van der Waals surface area (Å²) in [6.45, 7) is 1.98. The van der Waals surface area contributed by atoms with E-state index < -0.39 is 0 Å². The van der Waals surface area contributed by atoms with Crippen LogP contribution in [0.3, 0.4) is 0 Å². The number of benzene rings is 2. The van der Waals surface area contributed by atoms with E-state index in [9.17, 15) is 4.79 Å². The lowest BCUT2D eigenvalue weighted by molar-refractivity contribution is 0.0769. The monoisotopic (exact) mass is 385 g/mol. The molecule has 2 aromatic heterocycles. The molecule has 7 nitrogen and oxygen atoms in total. The summed E-state index contributed by atoms with van der Waals surface area (Å²) in [6.07, 6.45) is 1.56. The van der Waals surface area contributed by atoms with Crippen LogP contribution in [0.4, 0.5) is 0 Å². The van der Waals surface area contributed by atoms with Crippen LogP contribution in [0.5, 0.6) is 0 Å². The van der Waals surface area contributed by atoms with Gasteiger partial charge >= 0.3 is 0 Å². The molecule has 0 fully saturated rings. The van der Waals surface area contributed by atoms with Crippen LogP contribution in [0.1, 0.15) is 22.1 Å². The Bertz CT molecular complexity index is 1130. The average molecular weight is 385 g/mol. The number of aryl methyl sites for hydroxylation is 1. The van der Waals surface area contributed by atoms with E-state index in [4.69, 9.17) is 4.52 Å². The minimum atomic E-state index is -0.219. The van der Waals surface area contributed by atoms with Gasteiger partial charge in [0.2, 0.25) is 11.7 Å². The third kappa shape index (κ3) is 4.03. The van der Waals surface area contributed by atoms with Crippen LogP contribution in [0, 0.1) is 6.92 Å². The second-order valence-corrected chi connectivity index (χ2v) is 6.58. The van der Waals surface area contributed by atoms with Gasteiger partial charge in [0.15, 0.2) is 0 Å². The Morgan fingerprint density at radius 1 is 0.966 bits per heavy atom. The van der Waals surface area contributed by atoms with E-state index in [2.05, 4.69) is 20.1 Å². The summed E-state index contributed by atoms with van der Waals surface area (Å²) < 4.78 is 5.32. The highest BCUT2D eigenvalue weighted by Gasteiger charge is 2.21. The van der Waals surface area contributed by atoms with Gasteiger partial charge in [0.25, 0.3) is 5.91 Å². The molecule has 0 spiro atoms. The van der Waals surface area contributed by atoms with E-state index in [-0.39, 0.29) is 12.5 Å². The molecular formula is C22H19N5O2. The fourth-order valence-electron chi connectivity index (χ4n) is 2.95. The van der Waals surface area contributed by atoms with Crippen LogP contribution in [0.15, 0.2) is 71.4 Å². The topological polar surface area (TPSA) is 85.0 Å². The standard InChI is InChI=1S/C22H19N5O2/c1-15-23-13-18(20(24-15)16-9-5-3-6-10-16)22(28)27(2)14-19-25-21(26-29-19)17-11-7-4-8-12-17/h3-13H,14H2,1-2H3. The number of hydrogen-bond donors (Lipinski definition) is 0. The molecule has 0 saturated carbocycles. The number of amides is 1. The number of aromatic nitrogens is 4. The molecule has 0 aliphatic heterocycles. The van der Waals surface area contributed by atoms with Crippen molar-refractivity contribution in [2.75, 3.05) is 7.05 Å². The van der Waals surface area contributed by atoms with Crippen LogP contribution in [-0.4, -0.2) is 38.0 Å². The molecule has 7 heteroatoms. The summed E-state index contributed by atoms with van der Waals surface area (Å²) >= 11 is 0. The smallest absolute Gasteiger partial charge is 0.257 e. The first-order chi connectivity index (χ1) is 14.1. The largest absolute Gasteiger partial charge is 0.337 e. The highest BCUT2D eigenvalue weighted by atomic mass is 16.5. The molecule has 29 heavy (non-hydrogen) atoms. The van der Waals surface area contributed by atoms with Crippen molar-refractivity contribution in [1.29, 1.82) is 0 Å². The molecule has 0 atom stereocenters. The predicted octanol–water partition coefficient (Wildman–Crippen LogP) is 3.77. The first-order valence-electron chi connectivity index (χ1n) is 9.14. The van der Waals surface area contributed by atoms with E-state index in [0.717, 1.165) is 11.1 Å². The number of carbonyl (C=O) groups excluding carboxylic acids is 1. The van der Waals surface area contributed by atoms with Gasteiger partial charge in [-0.2, -0.15) is 4.98 Å². The molecule has 4 aromatic rings. The van der Waals surface area contributed by atoms with Gasteiger partial charge < -0.3 is 9.42 Å².